The van der Waals surface area contributed by atoms with E-state index in [4.69, 9.17) is 10.5 Å². The summed E-state index contributed by atoms with van der Waals surface area (Å²) in [5.74, 6) is -0.0872. The van der Waals surface area contributed by atoms with Crippen LogP contribution in [0.2, 0.25) is 0 Å². The monoisotopic (exact) mass is 211 g/mol. The predicted molar refractivity (Wildman–Crippen MR) is 59.3 cm³/mol. The molecule has 0 aliphatic rings. The molecule has 1 atom stereocenters. The van der Waals surface area contributed by atoms with Crippen LogP contribution in [0.3, 0.4) is 0 Å². The number of halogens is 1. The zero-order chi connectivity index (χ0) is 11.5. The Kier molecular flexibility index (Phi) is 3.69. The van der Waals surface area contributed by atoms with Crippen LogP contribution < -0.4 is 10.5 Å². The maximum atomic E-state index is 13.2. The molecule has 0 spiro atoms. The molecule has 84 valence electrons. The molecule has 0 aromatic heterocycles. The van der Waals surface area contributed by atoms with Gasteiger partial charge in [0.2, 0.25) is 0 Å². The van der Waals surface area contributed by atoms with Crippen LogP contribution in [0.25, 0.3) is 0 Å². The molecular weight excluding hydrogens is 193 g/mol. The minimum Gasteiger partial charge on any atom is -0.489 e. The quantitative estimate of drug-likeness (QED) is 0.834. The van der Waals surface area contributed by atoms with Gasteiger partial charge in [0.25, 0.3) is 0 Å². The second kappa shape index (κ2) is 4.62. The van der Waals surface area contributed by atoms with Crippen LogP contribution in [0, 0.1) is 11.2 Å². The Balaban J connectivity index is 2.55. The largest absolute Gasteiger partial charge is 0.489 e. The van der Waals surface area contributed by atoms with E-state index >= 15 is 0 Å². The molecule has 1 aromatic rings. The average molecular weight is 211 g/mol. The standard InChI is InChI=1S/C12H18FNO/c1-12(2,3)11(14)8-15-10-7-5-4-6-9(10)13/h4-7,11H,8,14H2,1-3H3. The predicted octanol–water partition coefficient (Wildman–Crippen LogP) is 2.58. The minimum absolute atomic E-state index is 0.0365. The van der Waals surface area contributed by atoms with Crippen LogP contribution in [-0.4, -0.2) is 12.6 Å². The van der Waals surface area contributed by atoms with Gasteiger partial charge < -0.3 is 10.5 Å². The molecule has 1 unspecified atom stereocenters. The number of hydrogen-bond donors (Lipinski definition) is 1. The molecule has 2 N–H and O–H groups in total. The maximum absolute atomic E-state index is 13.2. The minimum atomic E-state index is -0.349. The topological polar surface area (TPSA) is 35.2 Å². The Hall–Kier alpha value is -1.09. The maximum Gasteiger partial charge on any atom is 0.165 e. The molecule has 3 heteroatoms. The summed E-state index contributed by atoms with van der Waals surface area (Å²) >= 11 is 0. The van der Waals surface area contributed by atoms with Gasteiger partial charge in [0.05, 0.1) is 0 Å². The van der Waals surface area contributed by atoms with Crippen molar-refractivity contribution in [2.24, 2.45) is 11.1 Å². The van der Waals surface area contributed by atoms with Gasteiger partial charge in [-0.05, 0) is 17.5 Å². The summed E-state index contributed by atoms with van der Waals surface area (Å²) in [6.45, 7) is 6.41. The summed E-state index contributed by atoms with van der Waals surface area (Å²) in [6.07, 6.45) is 0. The molecule has 0 aliphatic heterocycles. The highest BCUT2D eigenvalue weighted by Crippen LogP contribution is 2.20. The molecule has 0 heterocycles. The van der Waals surface area contributed by atoms with Gasteiger partial charge in [0.15, 0.2) is 11.6 Å². The number of rotatable bonds is 3. The van der Waals surface area contributed by atoms with E-state index in [0.717, 1.165) is 0 Å². The second-order valence-corrected chi connectivity index (χ2v) is 4.71. The summed E-state index contributed by atoms with van der Waals surface area (Å²) in [6, 6.07) is 6.23. The van der Waals surface area contributed by atoms with Gasteiger partial charge in [-0.2, -0.15) is 0 Å². The Labute approximate surface area is 90.2 Å². The van der Waals surface area contributed by atoms with Crippen molar-refractivity contribution >= 4 is 0 Å². The van der Waals surface area contributed by atoms with Crippen LogP contribution >= 0.6 is 0 Å². The van der Waals surface area contributed by atoms with Crippen molar-refractivity contribution in [2.45, 2.75) is 26.8 Å². The first-order valence-corrected chi connectivity index (χ1v) is 5.04. The van der Waals surface area contributed by atoms with Crippen molar-refractivity contribution in [1.29, 1.82) is 0 Å². The first-order chi connectivity index (χ1) is 6.91. The third-order valence-corrected chi connectivity index (χ3v) is 2.37. The zero-order valence-corrected chi connectivity index (χ0v) is 9.46. The van der Waals surface area contributed by atoms with Crippen LogP contribution in [0.15, 0.2) is 24.3 Å². The molecule has 0 radical (unpaired) electrons. The summed E-state index contributed by atoms with van der Waals surface area (Å²) in [4.78, 5) is 0. The SMILES string of the molecule is CC(C)(C)C(N)COc1ccccc1F. The summed E-state index contributed by atoms with van der Waals surface area (Å²) < 4.78 is 18.5. The molecule has 0 fully saturated rings. The molecule has 0 saturated heterocycles. The summed E-state index contributed by atoms with van der Waals surface area (Å²) in [5.41, 5.74) is 5.86. The van der Waals surface area contributed by atoms with E-state index in [2.05, 4.69) is 0 Å². The molecule has 0 bridgehead atoms. The number of ether oxygens (including phenoxy) is 1. The number of para-hydroxylation sites is 1. The zero-order valence-electron chi connectivity index (χ0n) is 9.46. The Morgan fingerprint density at radius 2 is 1.93 bits per heavy atom. The van der Waals surface area contributed by atoms with Crippen molar-refractivity contribution in [3.63, 3.8) is 0 Å². The molecular formula is C12H18FNO. The fourth-order valence-corrected chi connectivity index (χ4v) is 0.991. The van der Waals surface area contributed by atoms with Crippen LogP contribution in [-0.2, 0) is 0 Å². The second-order valence-electron chi connectivity index (χ2n) is 4.71. The van der Waals surface area contributed by atoms with Crippen molar-refractivity contribution in [2.75, 3.05) is 6.61 Å². The fraction of sp³-hybridized carbons (Fsp3) is 0.500. The third-order valence-electron chi connectivity index (χ3n) is 2.37. The lowest BCUT2D eigenvalue weighted by atomic mass is 9.88. The normalized spacial score (nSPS) is 13.7. The van der Waals surface area contributed by atoms with Crippen molar-refractivity contribution in [3.05, 3.63) is 30.1 Å². The van der Waals surface area contributed by atoms with E-state index in [-0.39, 0.29) is 23.0 Å². The highest BCUT2D eigenvalue weighted by molar-refractivity contribution is 5.23. The van der Waals surface area contributed by atoms with Crippen LogP contribution in [0.5, 0.6) is 5.75 Å². The van der Waals surface area contributed by atoms with E-state index < -0.39 is 0 Å². The highest BCUT2D eigenvalue weighted by atomic mass is 19.1. The lowest BCUT2D eigenvalue weighted by molar-refractivity contribution is 0.200. The molecule has 0 saturated carbocycles. The Morgan fingerprint density at radius 1 is 1.33 bits per heavy atom. The van der Waals surface area contributed by atoms with Crippen molar-refractivity contribution in [1.82, 2.24) is 0 Å². The lowest BCUT2D eigenvalue weighted by Crippen LogP contribution is -2.40. The van der Waals surface area contributed by atoms with E-state index in [1.165, 1.54) is 6.07 Å². The third kappa shape index (κ3) is 3.51. The summed E-state index contributed by atoms with van der Waals surface area (Å²) in [5, 5.41) is 0. The van der Waals surface area contributed by atoms with Crippen LogP contribution in [0.4, 0.5) is 4.39 Å². The first-order valence-electron chi connectivity index (χ1n) is 5.04. The Bertz CT molecular complexity index is 320. The number of nitrogens with two attached hydrogens (primary N) is 1. The number of benzene rings is 1. The smallest absolute Gasteiger partial charge is 0.165 e. The average Bonchev–Trinajstić information content (AvgIpc) is 2.14. The van der Waals surface area contributed by atoms with Gasteiger partial charge in [-0.15, -0.1) is 0 Å². The van der Waals surface area contributed by atoms with Crippen LogP contribution in [0.1, 0.15) is 20.8 Å². The van der Waals surface area contributed by atoms with E-state index in [1.54, 1.807) is 18.2 Å². The Morgan fingerprint density at radius 3 is 2.47 bits per heavy atom. The van der Waals surface area contributed by atoms with Gasteiger partial charge in [-0.3, -0.25) is 0 Å². The molecule has 0 amide bonds. The van der Waals surface area contributed by atoms with Crippen molar-refractivity contribution in [3.8, 4) is 5.75 Å². The molecule has 1 aromatic carbocycles. The van der Waals surface area contributed by atoms with E-state index in [0.29, 0.717) is 6.61 Å². The molecule has 15 heavy (non-hydrogen) atoms. The molecule has 2 nitrogen and oxygen atoms in total. The molecule has 1 rings (SSSR count). The number of hydrogen-bond acceptors (Lipinski definition) is 2. The van der Waals surface area contributed by atoms with Gasteiger partial charge in [0, 0.05) is 6.04 Å². The van der Waals surface area contributed by atoms with E-state index in [9.17, 15) is 4.39 Å². The fourth-order valence-electron chi connectivity index (χ4n) is 0.991. The molecule has 0 aliphatic carbocycles. The summed E-state index contributed by atoms with van der Waals surface area (Å²) in [7, 11) is 0. The van der Waals surface area contributed by atoms with Gasteiger partial charge in [-0.25, -0.2) is 4.39 Å². The van der Waals surface area contributed by atoms with Gasteiger partial charge >= 0.3 is 0 Å². The van der Waals surface area contributed by atoms with Gasteiger partial charge in [-0.1, -0.05) is 32.9 Å². The lowest BCUT2D eigenvalue weighted by Gasteiger charge is -2.26. The van der Waals surface area contributed by atoms with Crippen molar-refractivity contribution < 1.29 is 9.13 Å². The van der Waals surface area contributed by atoms with Gasteiger partial charge in [0.1, 0.15) is 6.61 Å². The van der Waals surface area contributed by atoms with E-state index in [1.807, 2.05) is 20.8 Å². The first kappa shape index (κ1) is 12.0. The highest BCUT2D eigenvalue weighted by Gasteiger charge is 2.21.